The van der Waals surface area contributed by atoms with Crippen molar-refractivity contribution < 1.29 is 4.79 Å². The lowest BCUT2D eigenvalue weighted by Gasteiger charge is -2.32. The monoisotopic (exact) mass is 290 g/mol. The minimum absolute atomic E-state index is 0.0985. The highest BCUT2D eigenvalue weighted by Crippen LogP contribution is 2.11. The summed E-state index contributed by atoms with van der Waals surface area (Å²) >= 11 is 0. The highest BCUT2D eigenvalue weighted by Gasteiger charge is 2.17. The van der Waals surface area contributed by atoms with Gasteiger partial charge < -0.3 is 10.6 Å². The molecule has 1 amide bonds. The highest BCUT2D eigenvalue weighted by molar-refractivity contribution is 5.92. The first kappa shape index (κ1) is 15.8. The van der Waals surface area contributed by atoms with Gasteiger partial charge in [-0.05, 0) is 51.9 Å². The van der Waals surface area contributed by atoms with Crippen LogP contribution >= 0.6 is 0 Å². The predicted molar refractivity (Wildman–Crippen MR) is 85.6 cm³/mol. The van der Waals surface area contributed by atoms with Gasteiger partial charge in [-0.2, -0.15) is 0 Å². The molecule has 1 atom stereocenters. The van der Waals surface area contributed by atoms with E-state index in [2.05, 4.69) is 27.4 Å². The quantitative estimate of drug-likeness (QED) is 0.842. The van der Waals surface area contributed by atoms with Crippen molar-refractivity contribution in [2.75, 3.05) is 31.5 Å². The molecule has 1 saturated heterocycles. The van der Waals surface area contributed by atoms with Gasteiger partial charge >= 0.3 is 0 Å². The summed E-state index contributed by atoms with van der Waals surface area (Å²) in [7, 11) is 0. The first-order chi connectivity index (χ1) is 10.2. The zero-order valence-electron chi connectivity index (χ0n) is 13.1. The largest absolute Gasteiger partial charge is 0.370 e. The zero-order valence-corrected chi connectivity index (χ0v) is 13.1. The Kier molecular flexibility index (Phi) is 5.99. The second-order valence-corrected chi connectivity index (χ2v) is 5.59. The van der Waals surface area contributed by atoms with Crippen molar-refractivity contribution in [3.05, 3.63) is 23.9 Å². The molecule has 116 valence electrons. The maximum atomic E-state index is 12.2. The highest BCUT2D eigenvalue weighted by atomic mass is 16.1. The van der Waals surface area contributed by atoms with Crippen LogP contribution in [0, 0.1) is 0 Å². The normalized spacial score (nSPS) is 17.2. The number of aromatic nitrogens is 1. The molecule has 1 aromatic rings. The Morgan fingerprint density at radius 3 is 2.81 bits per heavy atom. The van der Waals surface area contributed by atoms with E-state index in [4.69, 9.17) is 0 Å². The molecule has 0 bridgehead atoms. The summed E-state index contributed by atoms with van der Waals surface area (Å²) in [6.45, 7) is 7.94. The molecule has 1 aliphatic heterocycles. The van der Waals surface area contributed by atoms with Crippen LogP contribution in [0.25, 0.3) is 0 Å². The van der Waals surface area contributed by atoms with Crippen molar-refractivity contribution in [2.45, 2.75) is 39.2 Å². The third-order valence-corrected chi connectivity index (χ3v) is 3.91. The average molecular weight is 290 g/mol. The molecular weight excluding hydrogens is 264 g/mol. The van der Waals surface area contributed by atoms with Crippen molar-refractivity contribution in [1.82, 2.24) is 15.2 Å². The molecule has 2 N–H and O–H groups in total. The number of amides is 1. The van der Waals surface area contributed by atoms with Crippen molar-refractivity contribution in [3.8, 4) is 0 Å². The van der Waals surface area contributed by atoms with Crippen LogP contribution in [0.5, 0.6) is 0 Å². The number of likely N-dealkylation sites (tertiary alicyclic amines) is 1. The standard InChI is InChI=1S/C16H26N4O/c1-3-17-15-9-7-8-14(19-15)16(21)18-12-13(2)20-10-5-4-6-11-20/h7-9,13H,3-6,10-12H2,1-2H3,(H,17,19)(H,18,21). The number of nitrogens with one attached hydrogen (secondary N) is 2. The van der Waals surface area contributed by atoms with Gasteiger partial charge in [-0.15, -0.1) is 0 Å². The second kappa shape index (κ2) is 7.98. The van der Waals surface area contributed by atoms with Gasteiger partial charge in [0.1, 0.15) is 11.5 Å². The first-order valence-corrected chi connectivity index (χ1v) is 7.94. The zero-order chi connectivity index (χ0) is 15.1. The fourth-order valence-corrected chi connectivity index (χ4v) is 2.66. The van der Waals surface area contributed by atoms with Crippen LogP contribution in [-0.2, 0) is 0 Å². The Labute approximate surface area is 127 Å². The third kappa shape index (κ3) is 4.70. The van der Waals surface area contributed by atoms with Gasteiger partial charge in [0, 0.05) is 19.1 Å². The molecule has 2 rings (SSSR count). The molecule has 1 aromatic heterocycles. The van der Waals surface area contributed by atoms with Gasteiger partial charge in [0.2, 0.25) is 0 Å². The fraction of sp³-hybridized carbons (Fsp3) is 0.625. The van der Waals surface area contributed by atoms with E-state index in [1.165, 1.54) is 19.3 Å². The van der Waals surface area contributed by atoms with Crippen LogP contribution in [0.2, 0.25) is 0 Å². The minimum atomic E-state index is -0.0985. The number of rotatable bonds is 6. The molecule has 0 aromatic carbocycles. The van der Waals surface area contributed by atoms with Gasteiger partial charge in [0.05, 0.1) is 0 Å². The summed E-state index contributed by atoms with van der Waals surface area (Å²) in [5.74, 6) is 0.646. The first-order valence-electron chi connectivity index (χ1n) is 7.94. The number of anilines is 1. The molecule has 5 heteroatoms. The Bertz CT molecular complexity index is 457. The average Bonchev–Trinajstić information content (AvgIpc) is 2.53. The molecule has 1 fully saturated rings. The summed E-state index contributed by atoms with van der Waals surface area (Å²) < 4.78 is 0. The van der Waals surface area contributed by atoms with E-state index in [-0.39, 0.29) is 5.91 Å². The third-order valence-electron chi connectivity index (χ3n) is 3.91. The Morgan fingerprint density at radius 1 is 1.33 bits per heavy atom. The van der Waals surface area contributed by atoms with Crippen LogP contribution < -0.4 is 10.6 Å². The van der Waals surface area contributed by atoms with Crippen LogP contribution in [0.4, 0.5) is 5.82 Å². The van der Waals surface area contributed by atoms with Gasteiger partial charge in [-0.25, -0.2) is 4.98 Å². The number of pyridine rings is 1. The summed E-state index contributed by atoms with van der Waals surface area (Å²) in [4.78, 5) is 18.9. The molecule has 0 aliphatic carbocycles. The van der Waals surface area contributed by atoms with Crippen molar-refractivity contribution >= 4 is 11.7 Å². The van der Waals surface area contributed by atoms with Crippen LogP contribution in [-0.4, -0.2) is 48.0 Å². The van der Waals surface area contributed by atoms with E-state index in [0.29, 0.717) is 18.3 Å². The lowest BCUT2D eigenvalue weighted by atomic mass is 10.1. The van der Waals surface area contributed by atoms with Crippen molar-refractivity contribution in [3.63, 3.8) is 0 Å². The predicted octanol–water partition coefficient (Wildman–Crippen LogP) is 2.12. The van der Waals surface area contributed by atoms with E-state index < -0.39 is 0 Å². The number of hydrogen-bond acceptors (Lipinski definition) is 4. The maximum absolute atomic E-state index is 12.2. The Hall–Kier alpha value is -1.62. The van der Waals surface area contributed by atoms with Crippen molar-refractivity contribution in [2.24, 2.45) is 0 Å². The number of hydrogen-bond donors (Lipinski definition) is 2. The van der Waals surface area contributed by atoms with Gasteiger partial charge in [0.15, 0.2) is 0 Å². The molecule has 0 spiro atoms. The molecule has 0 saturated carbocycles. The fourth-order valence-electron chi connectivity index (χ4n) is 2.66. The van der Waals surface area contributed by atoms with Gasteiger partial charge in [0.25, 0.3) is 5.91 Å². The number of carbonyl (C=O) groups excluding carboxylic acids is 1. The summed E-state index contributed by atoms with van der Waals surface area (Å²) in [6, 6.07) is 5.86. The van der Waals surface area contributed by atoms with E-state index in [0.717, 1.165) is 25.5 Å². The van der Waals surface area contributed by atoms with Crippen LogP contribution in [0.3, 0.4) is 0 Å². The lowest BCUT2D eigenvalue weighted by Crippen LogP contribution is -2.44. The topological polar surface area (TPSA) is 57.3 Å². The van der Waals surface area contributed by atoms with Gasteiger partial charge in [-0.1, -0.05) is 12.5 Å². The van der Waals surface area contributed by atoms with E-state index >= 15 is 0 Å². The summed E-state index contributed by atoms with van der Waals surface area (Å²) in [5.41, 5.74) is 0.472. The number of nitrogens with zero attached hydrogens (tertiary/aromatic N) is 2. The molecule has 2 heterocycles. The Balaban J connectivity index is 1.84. The summed E-state index contributed by atoms with van der Waals surface area (Å²) in [5, 5.41) is 6.11. The second-order valence-electron chi connectivity index (χ2n) is 5.59. The lowest BCUT2D eigenvalue weighted by molar-refractivity contribution is 0.0925. The van der Waals surface area contributed by atoms with E-state index in [1.807, 2.05) is 19.1 Å². The SMILES string of the molecule is CCNc1cccc(C(=O)NCC(C)N2CCCCC2)n1. The molecule has 5 nitrogen and oxygen atoms in total. The molecule has 21 heavy (non-hydrogen) atoms. The number of carbonyl (C=O) groups is 1. The molecule has 1 unspecified atom stereocenters. The number of piperidine rings is 1. The molecule has 0 radical (unpaired) electrons. The van der Waals surface area contributed by atoms with E-state index in [9.17, 15) is 4.79 Å². The van der Waals surface area contributed by atoms with E-state index in [1.54, 1.807) is 6.07 Å². The summed E-state index contributed by atoms with van der Waals surface area (Å²) in [6.07, 6.45) is 3.87. The van der Waals surface area contributed by atoms with Crippen molar-refractivity contribution in [1.29, 1.82) is 0 Å². The Morgan fingerprint density at radius 2 is 2.10 bits per heavy atom. The maximum Gasteiger partial charge on any atom is 0.270 e. The molecular formula is C16H26N4O. The van der Waals surface area contributed by atoms with Crippen LogP contribution in [0.15, 0.2) is 18.2 Å². The smallest absolute Gasteiger partial charge is 0.270 e. The minimum Gasteiger partial charge on any atom is -0.370 e. The molecule has 1 aliphatic rings. The van der Waals surface area contributed by atoms with Crippen LogP contribution in [0.1, 0.15) is 43.6 Å². The van der Waals surface area contributed by atoms with Gasteiger partial charge in [-0.3, -0.25) is 9.69 Å².